The lowest BCUT2D eigenvalue weighted by molar-refractivity contribution is -0.344. The molecule has 0 spiro atoms. The van der Waals surface area contributed by atoms with Crippen molar-refractivity contribution < 1.29 is 35.7 Å². The molecule has 0 aromatic carbocycles. The molecule has 0 amide bonds. The number of rotatable bonds is 1. The van der Waals surface area contributed by atoms with Crippen LogP contribution in [0.1, 0.15) is 0 Å². The Morgan fingerprint density at radius 3 is 1.67 bits per heavy atom. The van der Waals surface area contributed by atoms with Crippen molar-refractivity contribution in [2.45, 2.75) is 12.2 Å². The zero-order chi connectivity index (χ0) is 9.62. The molecule has 9 heteroatoms. The van der Waals surface area contributed by atoms with Gasteiger partial charge < -0.3 is 0 Å². The van der Waals surface area contributed by atoms with Crippen molar-refractivity contribution in [1.82, 2.24) is 0 Å². The Hall–Kier alpha value is -0.170. The molecule has 0 bridgehead atoms. The van der Waals surface area contributed by atoms with Crippen molar-refractivity contribution in [3.63, 3.8) is 0 Å². The number of halogens is 4. The third-order valence-electron chi connectivity index (χ3n) is 1.02. The van der Waals surface area contributed by atoms with Crippen LogP contribution in [0.3, 0.4) is 0 Å². The maximum absolute atomic E-state index is 12.1. The highest BCUT2D eigenvalue weighted by Gasteiger charge is 2.73. The number of phosphoric ester groups is 1. The molecule has 0 aliphatic carbocycles. The summed E-state index contributed by atoms with van der Waals surface area (Å²) < 4.78 is 68.8. The first-order valence-electron chi connectivity index (χ1n) is 2.55. The highest BCUT2D eigenvalue weighted by Crippen LogP contribution is 2.66. The number of alkyl halides is 4. The van der Waals surface area contributed by atoms with E-state index in [2.05, 4.69) is 13.6 Å². The van der Waals surface area contributed by atoms with Crippen LogP contribution >= 0.6 is 7.82 Å². The number of phosphoric acid groups is 1. The minimum Gasteiger partial charge on any atom is -0.290 e. The van der Waals surface area contributed by atoms with E-state index < -0.39 is 20.0 Å². The molecule has 72 valence electrons. The van der Waals surface area contributed by atoms with Gasteiger partial charge in [-0.15, -0.1) is 0 Å². The highest BCUT2D eigenvalue weighted by molar-refractivity contribution is 7.48. The van der Waals surface area contributed by atoms with Gasteiger partial charge in [0.15, 0.2) is 0 Å². The van der Waals surface area contributed by atoms with Gasteiger partial charge in [0.25, 0.3) is 0 Å². The van der Waals surface area contributed by atoms with E-state index >= 15 is 0 Å². The zero-order valence-electron chi connectivity index (χ0n) is 5.59. The summed E-state index contributed by atoms with van der Waals surface area (Å²) in [6, 6.07) is 0. The molecular weight excluding hydrogens is 207 g/mol. The lowest BCUT2D eigenvalue weighted by Crippen LogP contribution is -2.36. The molecule has 1 heterocycles. The fraction of sp³-hybridized carbons (Fsp3) is 1.00. The van der Waals surface area contributed by atoms with Gasteiger partial charge >= 0.3 is 20.0 Å². The third-order valence-corrected chi connectivity index (χ3v) is 2.37. The van der Waals surface area contributed by atoms with Crippen LogP contribution in [0.2, 0.25) is 0 Å². The average molecular weight is 210 g/mol. The van der Waals surface area contributed by atoms with Crippen LogP contribution in [0.5, 0.6) is 0 Å². The van der Waals surface area contributed by atoms with E-state index in [1.165, 1.54) is 0 Å². The SMILES string of the molecule is COP1(=O)OC(F)(F)C(F)(F)O1. The van der Waals surface area contributed by atoms with Crippen molar-refractivity contribution in [1.29, 1.82) is 0 Å². The van der Waals surface area contributed by atoms with Crippen LogP contribution in [-0.4, -0.2) is 19.3 Å². The zero-order valence-corrected chi connectivity index (χ0v) is 6.49. The summed E-state index contributed by atoms with van der Waals surface area (Å²) in [7, 11) is -4.14. The smallest absolute Gasteiger partial charge is 0.290 e. The van der Waals surface area contributed by atoms with Gasteiger partial charge in [-0.05, 0) is 0 Å². The van der Waals surface area contributed by atoms with Crippen LogP contribution in [0, 0.1) is 0 Å². The van der Waals surface area contributed by atoms with E-state index in [4.69, 9.17) is 0 Å². The van der Waals surface area contributed by atoms with Crippen molar-refractivity contribution in [3.8, 4) is 0 Å². The molecule has 0 N–H and O–H groups in total. The fourth-order valence-corrected chi connectivity index (χ4v) is 1.44. The van der Waals surface area contributed by atoms with Crippen molar-refractivity contribution in [3.05, 3.63) is 0 Å². The highest BCUT2D eigenvalue weighted by atomic mass is 31.2. The first kappa shape index (κ1) is 9.91. The number of hydrogen-bond donors (Lipinski definition) is 0. The van der Waals surface area contributed by atoms with Crippen LogP contribution < -0.4 is 0 Å². The van der Waals surface area contributed by atoms with Gasteiger partial charge in [-0.2, -0.15) is 17.6 Å². The summed E-state index contributed by atoms with van der Waals surface area (Å²) in [6.45, 7) is 0. The second-order valence-electron chi connectivity index (χ2n) is 1.85. The molecule has 1 rings (SSSR count). The van der Waals surface area contributed by atoms with Crippen molar-refractivity contribution >= 4 is 7.82 Å². The Balaban J connectivity index is 2.96. The molecule has 1 aliphatic rings. The second-order valence-corrected chi connectivity index (χ2v) is 3.47. The normalized spacial score (nSPS) is 30.4. The van der Waals surface area contributed by atoms with Gasteiger partial charge in [-0.25, -0.2) is 13.6 Å². The molecule has 1 fully saturated rings. The molecule has 12 heavy (non-hydrogen) atoms. The molecule has 0 atom stereocenters. The molecule has 0 aromatic heterocycles. The van der Waals surface area contributed by atoms with Gasteiger partial charge in [0, 0.05) is 7.11 Å². The Labute approximate surface area is 64.0 Å². The molecular formula is C3H3F4O4P. The molecule has 0 saturated carbocycles. The first-order valence-corrected chi connectivity index (χ1v) is 4.01. The Bertz CT molecular complexity index is 220. The maximum atomic E-state index is 12.1. The molecule has 0 unspecified atom stereocenters. The Morgan fingerprint density at radius 2 is 1.50 bits per heavy atom. The van der Waals surface area contributed by atoms with Crippen LogP contribution in [0.25, 0.3) is 0 Å². The van der Waals surface area contributed by atoms with E-state index in [9.17, 15) is 22.1 Å². The lowest BCUT2D eigenvalue weighted by Gasteiger charge is -2.10. The van der Waals surface area contributed by atoms with Crippen molar-refractivity contribution in [2.24, 2.45) is 0 Å². The van der Waals surface area contributed by atoms with E-state index in [1.54, 1.807) is 0 Å². The molecule has 0 radical (unpaired) electrons. The predicted molar refractivity (Wildman–Crippen MR) is 26.7 cm³/mol. The van der Waals surface area contributed by atoms with E-state index in [0.29, 0.717) is 7.11 Å². The molecule has 1 saturated heterocycles. The lowest BCUT2D eigenvalue weighted by atomic mass is 10.6. The summed E-state index contributed by atoms with van der Waals surface area (Å²) in [5.74, 6) is 0. The van der Waals surface area contributed by atoms with Gasteiger partial charge in [0.2, 0.25) is 0 Å². The standard InChI is InChI=1S/C3H3F4O4P/c1-9-12(8)10-2(4,5)3(6,7)11-12/h1H3. The Kier molecular flexibility index (Phi) is 1.99. The topological polar surface area (TPSA) is 44.8 Å². The fourth-order valence-electron chi connectivity index (χ4n) is 0.480. The van der Waals surface area contributed by atoms with Crippen LogP contribution in [0.15, 0.2) is 0 Å². The van der Waals surface area contributed by atoms with E-state index in [0.717, 1.165) is 0 Å². The summed E-state index contributed by atoms with van der Waals surface area (Å²) >= 11 is 0. The van der Waals surface area contributed by atoms with Gasteiger partial charge in [0.1, 0.15) is 0 Å². The third kappa shape index (κ3) is 1.35. The quantitative estimate of drug-likeness (QED) is 0.490. The predicted octanol–water partition coefficient (Wildman–Crippen LogP) is 1.97. The second kappa shape index (κ2) is 2.41. The largest absolute Gasteiger partial charge is 0.484 e. The summed E-state index contributed by atoms with van der Waals surface area (Å²) in [6.07, 6.45) is -9.84. The minimum absolute atomic E-state index is 0.651. The average Bonchev–Trinajstić information content (AvgIpc) is 1.99. The summed E-state index contributed by atoms with van der Waals surface area (Å²) in [4.78, 5) is 0. The van der Waals surface area contributed by atoms with Crippen LogP contribution in [-0.2, 0) is 18.1 Å². The first-order chi connectivity index (χ1) is 5.22. The monoisotopic (exact) mass is 210 g/mol. The van der Waals surface area contributed by atoms with E-state index in [1.807, 2.05) is 0 Å². The summed E-state index contributed by atoms with van der Waals surface area (Å²) in [5, 5.41) is 0. The maximum Gasteiger partial charge on any atom is 0.484 e. The van der Waals surface area contributed by atoms with E-state index in [-0.39, 0.29) is 0 Å². The molecule has 4 nitrogen and oxygen atoms in total. The number of hydrogen-bond acceptors (Lipinski definition) is 4. The molecule has 0 aromatic rings. The van der Waals surface area contributed by atoms with Gasteiger partial charge in [0.05, 0.1) is 0 Å². The van der Waals surface area contributed by atoms with Crippen molar-refractivity contribution in [2.75, 3.05) is 7.11 Å². The molecule has 1 aliphatic heterocycles. The summed E-state index contributed by atoms with van der Waals surface area (Å²) in [5.41, 5.74) is 0. The van der Waals surface area contributed by atoms with Gasteiger partial charge in [-0.3, -0.25) is 4.52 Å². The van der Waals surface area contributed by atoms with Crippen LogP contribution in [0.4, 0.5) is 17.6 Å². The van der Waals surface area contributed by atoms with Gasteiger partial charge in [-0.1, -0.05) is 0 Å². The Morgan fingerprint density at radius 1 is 1.17 bits per heavy atom. The minimum atomic E-state index is -4.92.